The molecule has 0 saturated heterocycles. The van der Waals surface area contributed by atoms with Gasteiger partial charge in [-0.15, -0.1) is 0 Å². The van der Waals surface area contributed by atoms with Gasteiger partial charge in [0.15, 0.2) is 0 Å². The summed E-state index contributed by atoms with van der Waals surface area (Å²) in [5, 5.41) is 3.54. The van der Waals surface area contributed by atoms with Crippen molar-refractivity contribution in [2.75, 3.05) is 53.4 Å². The van der Waals surface area contributed by atoms with Crippen molar-refractivity contribution in [1.82, 2.24) is 19.4 Å². The number of likely N-dealkylation sites (N-methyl/N-ethyl adjacent to an activating group) is 1. The van der Waals surface area contributed by atoms with Crippen molar-refractivity contribution in [2.45, 2.75) is 75.1 Å². The number of sulfonamides is 1. The van der Waals surface area contributed by atoms with Gasteiger partial charge in [-0.1, -0.05) is 49.9 Å². The van der Waals surface area contributed by atoms with Crippen LogP contribution in [0.1, 0.15) is 72.9 Å². The minimum absolute atomic E-state index is 0.0297. The molecule has 1 heterocycles. The Labute approximate surface area is 242 Å². The normalized spacial score (nSPS) is 17.1. The van der Waals surface area contributed by atoms with Crippen molar-refractivity contribution >= 4 is 15.9 Å². The minimum atomic E-state index is -3.56. The number of benzene rings is 2. The number of fused-ring (bicyclic) bond motifs is 1. The van der Waals surface area contributed by atoms with E-state index in [1.165, 1.54) is 42.8 Å². The highest BCUT2D eigenvalue weighted by Crippen LogP contribution is 2.24. The number of nitrogens with one attached hydrogen (secondary N) is 1. The third-order valence-electron chi connectivity index (χ3n) is 8.66. The van der Waals surface area contributed by atoms with E-state index in [0.29, 0.717) is 36.5 Å². The quantitative estimate of drug-likeness (QED) is 0.300. The predicted octanol–water partition coefficient (Wildman–Crippen LogP) is 4.57. The first-order valence-corrected chi connectivity index (χ1v) is 16.6. The van der Waals surface area contributed by atoms with E-state index in [9.17, 15) is 13.2 Å². The summed E-state index contributed by atoms with van der Waals surface area (Å²) in [6.45, 7) is 4.67. The number of carbonyl (C=O) groups excluding carboxylic acids is 1. The van der Waals surface area contributed by atoms with Gasteiger partial charge in [0.2, 0.25) is 10.0 Å². The van der Waals surface area contributed by atoms with E-state index in [2.05, 4.69) is 17.3 Å². The highest BCUT2D eigenvalue weighted by atomic mass is 32.2. The monoisotopic (exact) mass is 568 g/mol. The molecule has 220 valence electrons. The molecule has 4 rings (SSSR count). The van der Waals surface area contributed by atoms with Gasteiger partial charge < -0.3 is 15.1 Å². The fourth-order valence-electron chi connectivity index (χ4n) is 5.97. The molecular formula is C32H48N4O3S. The van der Waals surface area contributed by atoms with Gasteiger partial charge in [0.25, 0.3) is 5.91 Å². The predicted molar refractivity (Wildman–Crippen MR) is 162 cm³/mol. The van der Waals surface area contributed by atoms with Crippen LogP contribution >= 0.6 is 0 Å². The first-order valence-electron chi connectivity index (χ1n) is 15.2. The van der Waals surface area contributed by atoms with Gasteiger partial charge >= 0.3 is 0 Å². The van der Waals surface area contributed by atoms with Crippen molar-refractivity contribution in [3.8, 4) is 0 Å². The van der Waals surface area contributed by atoms with Crippen molar-refractivity contribution in [3.63, 3.8) is 0 Å². The molecule has 2 aromatic carbocycles. The van der Waals surface area contributed by atoms with Crippen molar-refractivity contribution in [3.05, 3.63) is 65.2 Å². The van der Waals surface area contributed by atoms with Gasteiger partial charge in [-0.25, -0.2) is 12.7 Å². The Kier molecular flexibility index (Phi) is 11.6. The molecule has 1 amide bonds. The molecule has 0 aromatic heterocycles. The summed E-state index contributed by atoms with van der Waals surface area (Å²) in [7, 11) is 0.372. The highest BCUT2D eigenvalue weighted by Gasteiger charge is 2.24. The maximum atomic E-state index is 13.3. The van der Waals surface area contributed by atoms with Gasteiger partial charge in [-0.3, -0.25) is 4.79 Å². The number of nitrogens with zero attached hydrogens (tertiary/aromatic N) is 3. The zero-order valence-corrected chi connectivity index (χ0v) is 25.3. The number of amides is 1. The summed E-state index contributed by atoms with van der Waals surface area (Å²) in [4.78, 5) is 17.7. The lowest BCUT2D eigenvalue weighted by atomic mass is 10.0. The topological polar surface area (TPSA) is 73.0 Å². The molecular weight excluding hydrogens is 520 g/mol. The number of hydrogen-bond acceptors (Lipinski definition) is 5. The number of unbranched alkanes of at least 4 members (excludes halogenated alkanes) is 1. The van der Waals surface area contributed by atoms with Crippen molar-refractivity contribution in [2.24, 2.45) is 0 Å². The molecule has 8 heteroatoms. The lowest BCUT2D eigenvalue weighted by Crippen LogP contribution is -2.37. The zero-order chi connectivity index (χ0) is 28.4. The first kappa shape index (κ1) is 30.7. The molecule has 1 N–H and O–H groups in total. The van der Waals surface area contributed by atoms with E-state index in [1.54, 1.807) is 13.1 Å². The lowest BCUT2D eigenvalue weighted by molar-refractivity contribution is 0.0763. The summed E-state index contributed by atoms with van der Waals surface area (Å²) in [5.41, 5.74) is 2.84. The SMILES string of the molecule is CN(CCNCCCCN(C)S(=O)(=O)c1ccc2c(c1)CCN(C(=O)c1ccccc1)CC2)C1CCCCCC1. The maximum absolute atomic E-state index is 13.3. The molecule has 1 aliphatic heterocycles. The smallest absolute Gasteiger partial charge is 0.253 e. The molecule has 1 aliphatic carbocycles. The summed E-state index contributed by atoms with van der Waals surface area (Å²) in [6.07, 6.45) is 11.3. The zero-order valence-electron chi connectivity index (χ0n) is 24.5. The Morgan fingerprint density at radius 1 is 0.875 bits per heavy atom. The van der Waals surface area contributed by atoms with E-state index in [0.717, 1.165) is 56.1 Å². The third kappa shape index (κ3) is 8.38. The molecule has 0 unspecified atom stereocenters. The van der Waals surface area contributed by atoms with Crippen LogP contribution in [0.5, 0.6) is 0 Å². The summed E-state index contributed by atoms with van der Waals surface area (Å²) >= 11 is 0. The van der Waals surface area contributed by atoms with Crippen molar-refractivity contribution < 1.29 is 13.2 Å². The van der Waals surface area contributed by atoms with E-state index >= 15 is 0 Å². The van der Waals surface area contributed by atoms with Crippen LogP contribution in [0.3, 0.4) is 0 Å². The van der Waals surface area contributed by atoms with E-state index in [4.69, 9.17) is 0 Å². The van der Waals surface area contributed by atoms with Crippen LogP contribution in [0.4, 0.5) is 0 Å². The molecule has 0 bridgehead atoms. The van der Waals surface area contributed by atoms with E-state index in [-0.39, 0.29) is 5.91 Å². The second-order valence-corrected chi connectivity index (χ2v) is 13.5. The van der Waals surface area contributed by atoms with Gasteiger partial charge in [-0.2, -0.15) is 0 Å². The van der Waals surface area contributed by atoms with Gasteiger partial charge in [0.1, 0.15) is 0 Å². The average molecular weight is 569 g/mol. The van der Waals surface area contributed by atoms with Crippen molar-refractivity contribution in [1.29, 1.82) is 0 Å². The standard InChI is InChI=1S/C32H48N4O3S/c1-34(30-14-8-3-4-9-15-30)25-21-33-20-10-11-22-35(2)40(38,39)31-17-16-27-18-23-36(24-19-29(27)26-31)32(37)28-12-6-5-7-13-28/h5-7,12-13,16-17,26,30,33H,3-4,8-11,14-15,18-25H2,1-2H3. The average Bonchev–Trinajstić information content (AvgIpc) is 3.38. The molecule has 40 heavy (non-hydrogen) atoms. The van der Waals surface area contributed by atoms with Gasteiger partial charge in [-0.05, 0) is 87.5 Å². The Morgan fingerprint density at radius 3 is 2.30 bits per heavy atom. The second-order valence-electron chi connectivity index (χ2n) is 11.5. The molecule has 0 spiro atoms. The van der Waals surface area contributed by atoms with Crippen LogP contribution in [0, 0.1) is 0 Å². The van der Waals surface area contributed by atoms with E-state index in [1.807, 2.05) is 47.4 Å². The molecule has 0 radical (unpaired) electrons. The minimum Gasteiger partial charge on any atom is -0.338 e. The fourth-order valence-corrected chi connectivity index (χ4v) is 7.24. The maximum Gasteiger partial charge on any atom is 0.253 e. The van der Waals surface area contributed by atoms with Crippen LogP contribution < -0.4 is 5.32 Å². The van der Waals surface area contributed by atoms with Crippen LogP contribution in [0.25, 0.3) is 0 Å². The molecule has 1 saturated carbocycles. The molecule has 7 nitrogen and oxygen atoms in total. The second kappa shape index (κ2) is 15.1. The molecule has 2 aromatic rings. The van der Waals surface area contributed by atoms with Crippen LogP contribution in [-0.2, 0) is 22.9 Å². The Bertz CT molecular complexity index is 1180. The Balaban J connectivity index is 1.20. The van der Waals surface area contributed by atoms with E-state index < -0.39 is 10.0 Å². The van der Waals surface area contributed by atoms with Crippen LogP contribution in [-0.4, -0.2) is 87.8 Å². The first-order chi connectivity index (χ1) is 19.4. The summed E-state index contributed by atoms with van der Waals surface area (Å²) in [5.74, 6) is 0.0297. The number of carbonyl (C=O) groups is 1. The lowest BCUT2D eigenvalue weighted by Gasteiger charge is -2.27. The van der Waals surface area contributed by atoms with Gasteiger partial charge in [0, 0.05) is 51.4 Å². The number of rotatable bonds is 12. The highest BCUT2D eigenvalue weighted by molar-refractivity contribution is 7.89. The summed E-state index contributed by atoms with van der Waals surface area (Å²) in [6, 6.07) is 15.6. The Hall–Kier alpha value is -2.26. The number of hydrogen-bond donors (Lipinski definition) is 1. The van der Waals surface area contributed by atoms with Crippen LogP contribution in [0.15, 0.2) is 53.4 Å². The van der Waals surface area contributed by atoms with Gasteiger partial charge in [0.05, 0.1) is 4.90 Å². The fraction of sp³-hybridized carbons (Fsp3) is 0.594. The largest absolute Gasteiger partial charge is 0.338 e. The van der Waals surface area contributed by atoms with Crippen LogP contribution in [0.2, 0.25) is 0 Å². The molecule has 2 aliphatic rings. The molecule has 1 fully saturated rings. The third-order valence-corrected chi connectivity index (χ3v) is 10.5. The molecule has 0 atom stereocenters. The summed E-state index contributed by atoms with van der Waals surface area (Å²) < 4.78 is 28.1. The Morgan fingerprint density at radius 2 is 1.57 bits per heavy atom.